The molecule has 6 heteroatoms. The largest absolute Gasteiger partial charge is 0.484 e. The highest BCUT2D eigenvalue weighted by atomic mass is 79.9. The van der Waals surface area contributed by atoms with Crippen LogP contribution in [0, 0.1) is 5.92 Å². The van der Waals surface area contributed by atoms with Crippen LogP contribution in [0.5, 0.6) is 5.75 Å². The van der Waals surface area contributed by atoms with E-state index in [1.165, 1.54) is 0 Å². The molecule has 20 heavy (non-hydrogen) atoms. The first-order valence-corrected chi connectivity index (χ1v) is 7.29. The van der Waals surface area contributed by atoms with Crippen molar-refractivity contribution in [1.29, 1.82) is 0 Å². The molecule has 0 aliphatic rings. The molecule has 110 valence electrons. The molecule has 1 unspecified atom stereocenters. The number of benzene rings is 1. The van der Waals surface area contributed by atoms with Crippen LogP contribution in [0.15, 0.2) is 28.7 Å². The van der Waals surface area contributed by atoms with Crippen molar-refractivity contribution in [1.82, 2.24) is 10.9 Å². The van der Waals surface area contributed by atoms with Crippen molar-refractivity contribution in [3.63, 3.8) is 0 Å². The van der Waals surface area contributed by atoms with Gasteiger partial charge in [0.05, 0.1) is 0 Å². The second-order valence-electron chi connectivity index (χ2n) is 4.47. The lowest BCUT2D eigenvalue weighted by Crippen LogP contribution is -2.45. The van der Waals surface area contributed by atoms with E-state index in [1.807, 2.05) is 26.0 Å². The van der Waals surface area contributed by atoms with Gasteiger partial charge in [-0.3, -0.25) is 20.4 Å². The number of hydrogen-bond donors (Lipinski definition) is 2. The molecule has 0 fully saturated rings. The van der Waals surface area contributed by atoms with Crippen LogP contribution in [0.4, 0.5) is 0 Å². The Morgan fingerprint density at radius 2 is 1.90 bits per heavy atom. The van der Waals surface area contributed by atoms with Gasteiger partial charge in [-0.05, 0) is 30.7 Å². The van der Waals surface area contributed by atoms with E-state index in [4.69, 9.17) is 4.74 Å². The van der Waals surface area contributed by atoms with Gasteiger partial charge in [0.25, 0.3) is 5.91 Å². The van der Waals surface area contributed by atoms with E-state index in [0.29, 0.717) is 5.75 Å². The molecule has 0 saturated heterocycles. The Hall–Kier alpha value is -1.56. The predicted molar refractivity (Wildman–Crippen MR) is 80.0 cm³/mol. The number of hydrazine groups is 1. The van der Waals surface area contributed by atoms with Gasteiger partial charge in [-0.25, -0.2) is 0 Å². The van der Waals surface area contributed by atoms with Gasteiger partial charge < -0.3 is 4.74 Å². The minimum Gasteiger partial charge on any atom is -0.484 e. The molecule has 0 radical (unpaired) electrons. The van der Waals surface area contributed by atoms with Crippen LogP contribution in [-0.4, -0.2) is 18.4 Å². The Morgan fingerprint density at radius 1 is 1.25 bits per heavy atom. The fourth-order valence-corrected chi connectivity index (χ4v) is 1.80. The number of hydrogen-bond acceptors (Lipinski definition) is 3. The molecule has 1 aromatic carbocycles. The molecule has 2 amide bonds. The third-order valence-corrected chi connectivity index (χ3v) is 3.21. The molecule has 1 atom stereocenters. The molecule has 1 aromatic rings. The maximum absolute atomic E-state index is 11.6. The highest BCUT2D eigenvalue weighted by molar-refractivity contribution is 9.10. The average Bonchev–Trinajstić information content (AvgIpc) is 2.44. The SMILES string of the molecule is CCCC(C)C(=O)NNC(=O)COc1ccc(Br)cc1. The fourth-order valence-electron chi connectivity index (χ4n) is 1.53. The lowest BCUT2D eigenvalue weighted by atomic mass is 10.1. The quantitative estimate of drug-likeness (QED) is 0.780. The zero-order chi connectivity index (χ0) is 15.0. The van der Waals surface area contributed by atoms with Crippen molar-refractivity contribution < 1.29 is 14.3 Å². The van der Waals surface area contributed by atoms with Gasteiger partial charge in [0, 0.05) is 10.4 Å². The zero-order valence-corrected chi connectivity index (χ0v) is 13.2. The molecule has 0 aliphatic heterocycles. The number of halogens is 1. The maximum atomic E-state index is 11.6. The van der Waals surface area contributed by atoms with Gasteiger partial charge in [-0.1, -0.05) is 36.2 Å². The fraction of sp³-hybridized carbons (Fsp3) is 0.429. The van der Waals surface area contributed by atoms with Crippen LogP contribution >= 0.6 is 15.9 Å². The van der Waals surface area contributed by atoms with Gasteiger partial charge in [0.2, 0.25) is 5.91 Å². The third-order valence-electron chi connectivity index (χ3n) is 2.68. The van der Waals surface area contributed by atoms with Crippen molar-refractivity contribution in [2.24, 2.45) is 5.92 Å². The molecule has 2 N–H and O–H groups in total. The second-order valence-corrected chi connectivity index (χ2v) is 5.39. The number of carbonyl (C=O) groups is 2. The van der Waals surface area contributed by atoms with Crippen molar-refractivity contribution in [2.75, 3.05) is 6.61 Å². The summed E-state index contributed by atoms with van der Waals surface area (Å²) in [5.74, 6) is -0.115. The second kappa shape index (κ2) is 8.58. The monoisotopic (exact) mass is 342 g/mol. The highest BCUT2D eigenvalue weighted by Gasteiger charge is 2.12. The Labute approximate surface area is 127 Å². The average molecular weight is 343 g/mol. The first-order chi connectivity index (χ1) is 9.52. The highest BCUT2D eigenvalue weighted by Crippen LogP contribution is 2.15. The van der Waals surface area contributed by atoms with Crippen LogP contribution < -0.4 is 15.6 Å². The molecule has 0 aromatic heterocycles. The normalized spacial score (nSPS) is 11.6. The van der Waals surface area contributed by atoms with Gasteiger partial charge in [-0.2, -0.15) is 0 Å². The molecule has 0 spiro atoms. The van der Waals surface area contributed by atoms with E-state index < -0.39 is 5.91 Å². The van der Waals surface area contributed by atoms with Gasteiger partial charge in [0.1, 0.15) is 5.75 Å². The Bertz CT molecular complexity index is 448. The molecule has 1 rings (SSSR count). The lowest BCUT2D eigenvalue weighted by Gasteiger charge is -2.12. The third kappa shape index (κ3) is 6.06. The summed E-state index contributed by atoms with van der Waals surface area (Å²) >= 11 is 3.31. The summed E-state index contributed by atoms with van der Waals surface area (Å²) in [6.07, 6.45) is 1.71. The summed E-state index contributed by atoms with van der Waals surface area (Å²) in [5.41, 5.74) is 4.72. The van der Waals surface area contributed by atoms with Crippen molar-refractivity contribution in [3.05, 3.63) is 28.7 Å². The van der Waals surface area contributed by atoms with E-state index in [-0.39, 0.29) is 18.4 Å². The van der Waals surface area contributed by atoms with Crippen LogP contribution in [0.25, 0.3) is 0 Å². The summed E-state index contributed by atoms with van der Waals surface area (Å²) < 4.78 is 6.22. The molecule has 0 bridgehead atoms. The van der Waals surface area contributed by atoms with Crippen molar-refractivity contribution in [3.8, 4) is 5.75 Å². The Kier molecular flexibility index (Phi) is 7.08. The minimum atomic E-state index is -0.398. The predicted octanol–water partition coefficient (Wildman–Crippen LogP) is 2.41. The molecular weight excluding hydrogens is 324 g/mol. The van der Waals surface area contributed by atoms with Crippen molar-refractivity contribution in [2.45, 2.75) is 26.7 Å². The first-order valence-electron chi connectivity index (χ1n) is 6.50. The summed E-state index contributed by atoms with van der Waals surface area (Å²) in [7, 11) is 0. The van der Waals surface area contributed by atoms with Crippen LogP contribution in [0.2, 0.25) is 0 Å². The number of ether oxygens (including phenoxy) is 1. The molecule has 0 heterocycles. The Morgan fingerprint density at radius 3 is 2.50 bits per heavy atom. The summed E-state index contributed by atoms with van der Waals surface area (Å²) in [6.45, 7) is 3.68. The molecule has 0 aliphatic carbocycles. The van der Waals surface area contributed by atoms with Crippen LogP contribution in [-0.2, 0) is 9.59 Å². The standard InChI is InChI=1S/C14H19BrN2O3/c1-3-4-10(2)14(19)17-16-13(18)9-20-12-7-5-11(15)6-8-12/h5-8,10H,3-4,9H2,1-2H3,(H,16,18)(H,17,19). The van der Waals surface area contributed by atoms with Crippen LogP contribution in [0.3, 0.4) is 0 Å². The Balaban J connectivity index is 2.27. The lowest BCUT2D eigenvalue weighted by molar-refractivity contribution is -0.131. The topological polar surface area (TPSA) is 67.4 Å². The van der Waals surface area contributed by atoms with Gasteiger partial charge in [-0.15, -0.1) is 0 Å². The molecule has 5 nitrogen and oxygen atoms in total. The van der Waals surface area contributed by atoms with Crippen molar-refractivity contribution >= 4 is 27.7 Å². The number of nitrogens with one attached hydrogen (secondary N) is 2. The van der Waals surface area contributed by atoms with Gasteiger partial charge in [0.15, 0.2) is 6.61 Å². The van der Waals surface area contributed by atoms with E-state index in [9.17, 15) is 9.59 Å². The summed E-state index contributed by atoms with van der Waals surface area (Å²) in [4.78, 5) is 23.1. The minimum absolute atomic E-state index is 0.118. The number of amides is 2. The van der Waals surface area contributed by atoms with E-state index >= 15 is 0 Å². The van der Waals surface area contributed by atoms with E-state index in [2.05, 4.69) is 26.8 Å². The first kappa shape index (κ1) is 16.5. The molecule has 0 saturated carbocycles. The van der Waals surface area contributed by atoms with Gasteiger partial charge >= 0.3 is 0 Å². The number of carbonyl (C=O) groups excluding carboxylic acids is 2. The molecular formula is C14H19BrN2O3. The van der Waals surface area contributed by atoms with E-state index in [0.717, 1.165) is 17.3 Å². The maximum Gasteiger partial charge on any atom is 0.276 e. The van der Waals surface area contributed by atoms with Crippen LogP contribution in [0.1, 0.15) is 26.7 Å². The summed E-state index contributed by atoms with van der Waals surface area (Å²) in [6, 6.07) is 7.14. The summed E-state index contributed by atoms with van der Waals surface area (Å²) in [5, 5.41) is 0. The number of rotatable bonds is 6. The van der Waals surface area contributed by atoms with E-state index in [1.54, 1.807) is 12.1 Å². The zero-order valence-electron chi connectivity index (χ0n) is 11.6. The smallest absolute Gasteiger partial charge is 0.276 e.